The minimum Gasteiger partial charge on any atom is -0.292 e. The highest BCUT2D eigenvalue weighted by Crippen LogP contribution is 2.36. The maximum atomic E-state index is 11.8. The molecular formula is C11H12F3NOS. The molecule has 1 unspecified atom stereocenters. The molecule has 1 aliphatic rings. The Morgan fingerprint density at radius 1 is 1.35 bits per heavy atom. The van der Waals surface area contributed by atoms with Crippen LogP contribution < -0.4 is 5.48 Å². The summed E-state index contributed by atoms with van der Waals surface area (Å²) >= 11 is 1.67. The van der Waals surface area contributed by atoms with Gasteiger partial charge in [0.1, 0.15) is 0 Å². The number of alkyl halides is 3. The molecular weight excluding hydrogens is 251 g/mol. The van der Waals surface area contributed by atoms with E-state index in [1.165, 1.54) is 10.5 Å². The Balaban J connectivity index is 1.70. The van der Waals surface area contributed by atoms with Gasteiger partial charge in [0.15, 0.2) is 6.61 Å². The van der Waals surface area contributed by atoms with Crippen LogP contribution in [0.25, 0.3) is 0 Å². The third-order valence-electron chi connectivity index (χ3n) is 2.36. The van der Waals surface area contributed by atoms with Crippen LogP contribution in [0.1, 0.15) is 5.56 Å². The molecule has 0 saturated carbocycles. The van der Waals surface area contributed by atoms with Crippen molar-refractivity contribution in [1.82, 2.24) is 5.48 Å². The van der Waals surface area contributed by atoms with Gasteiger partial charge in [0.05, 0.1) is 0 Å². The highest BCUT2D eigenvalue weighted by atomic mass is 32.2. The lowest BCUT2D eigenvalue weighted by Crippen LogP contribution is -2.29. The molecule has 1 aliphatic heterocycles. The Labute approximate surface area is 101 Å². The summed E-state index contributed by atoms with van der Waals surface area (Å²) in [6.07, 6.45) is -3.41. The van der Waals surface area contributed by atoms with Gasteiger partial charge >= 0.3 is 6.18 Å². The fraction of sp³-hybridized carbons (Fsp3) is 0.455. The lowest BCUT2D eigenvalue weighted by molar-refractivity contribution is -0.189. The van der Waals surface area contributed by atoms with Gasteiger partial charge in [-0.25, -0.2) is 5.48 Å². The molecule has 1 atom stereocenters. The van der Waals surface area contributed by atoms with Crippen LogP contribution in [0.5, 0.6) is 0 Å². The summed E-state index contributed by atoms with van der Waals surface area (Å²) in [5.74, 6) is 0. The van der Waals surface area contributed by atoms with Gasteiger partial charge in [-0.3, -0.25) is 4.84 Å². The van der Waals surface area contributed by atoms with E-state index < -0.39 is 12.8 Å². The topological polar surface area (TPSA) is 21.3 Å². The highest BCUT2D eigenvalue weighted by molar-refractivity contribution is 8.00. The third kappa shape index (κ3) is 3.90. The molecule has 1 N–H and O–H groups in total. The summed E-state index contributed by atoms with van der Waals surface area (Å²) < 4.78 is 35.4. The average molecular weight is 263 g/mol. The molecule has 1 aromatic carbocycles. The van der Waals surface area contributed by atoms with Gasteiger partial charge in [-0.2, -0.15) is 13.2 Å². The van der Waals surface area contributed by atoms with Crippen molar-refractivity contribution in [3.05, 3.63) is 29.8 Å². The van der Waals surface area contributed by atoms with Crippen molar-refractivity contribution >= 4 is 11.8 Å². The number of nitrogens with one attached hydrogen (secondary N) is 1. The molecule has 1 aromatic rings. The fourth-order valence-electron chi connectivity index (χ4n) is 1.65. The Bertz CT molecular complexity index is 358. The molecule has 17 heavy (non-hydrogen) atoms. The van der Waals surface area contributed by atoms with Crippen molar-refractivity contribution < 1.29 is 18.0 Å². The maximum absolute atomic E-state index is 11.8. The van der Waals surface area contributed by atoms with Gasteiger partial charge in [-0.05, 0) is 18.1 Å². The van der Waals surface area contributed by atoms with Crippen LogP contribution in [0, 0.1) is 0 Å². The van der Waals surface area contributed by atoms with Crippen molar-refractivity contribution in [1.29, 1.82) is 0 Å². The summed E-state index contributed by atoms with van der Waals surface area (Å²) in [5, 5.41) is 0.237. The summed E-state index contributed by atoms with van der Waals surface area (Å²) in [7, 11) is 0. The average Bonchev–Trinajstić information content (AvgIpc) is 2.65. The van der Waals surface area contributed by atoms with Crippen LogP contribution in [-0.4, -0.2) is 24.6 Å². The van der Waals surface area contributed by atoms with Crippen molar-refractivity contribution in [2.45, 2.75) is 22.7 Å². The number of hydrogen-bond acceptors (Lipinski definition) is 3. The number of hydrogen-bond donors (Lipinski definition) is 1. The van der Waals surface area contributed by atoms with E-state index >= 15 is 0 Å². The molecule has 0 spiro atoms. The SMILES string of the molecule is FC(F)(F)CONCC1Cc2ccccc2S1. The molecule has 1 heterocycles. The quantitative estimate of drug-likeness (QED) is 0.666. The first-order valence-corrected chi connectivity index (χ1v) is 6.08. The molecule has 0 aromatic heterocycles. The first kappa shape index (κ1) is 12.7. The van der Waals surface area contributed by atoms with Gasteiger partial charge < -0.3 is 0 Å². The second kappa shape index (κ2) is 5.29. The second-order valence-corrected chi connectivity index (χ2v) is 5.15. The van der Waals surface area contributed by atoms with Gasteiger partial charge in [0.2, 0.25) is 0 Å². The molecule has 94 valence electrons. The minimum atomic E-state index is -4.28. The molecule has 6 heteroatoms. The van der Waals surface area contributed by atoms with Gasteiger partial charge in [0, 0.05) is 16.7 Å². The number of thioether (sulfide) groups is 1. The van der Waals surface area contributed by atoms with Crippen LogP contribution >= 0.6 is 11.8 Å². The largest absolute Gasteiger partial charge is 0.413 e. The zero-order valence-corrected chi connectivity index (χ0v) is 9.77. The van der Waals surface area contributed by atoms with E-state index in [0.717, 1.165) is 6.42 Å². The van der Waals surface area contributed by atoms with E-state index in [0.29, 0.717) is 6.54 Å². The Kier molecular flexibility index (Phi) is 3.96. The van der Waals surface area contributed by atoms with Crippen LogP contribution in [0.4, 0.5) is 13.2 Å². The predicted octanol–water partition coefficient (Wildman–Crippen LogP) is 2.79. The molecule has 2 nitrogen and oxygen atoms in total. The van der Waals surface area contributed by atoms with Crippen LogP contribution in [0.3, 0.4) is 0 Å². The summed E-state index contributed by atoms with van der Waals surface area (Å²) in [4.78, 5) is 5.57. The molecule has 0 bridgehead atoms. The van der Waals surface area contributed by atoms with Crippen molar-refractivity contribution in [2.24, 2.45) is 0 Å². The lowest BCUT2D eigenvalue weighted by atomic mass is 10.1. The van der Waals surface area contributed by atoms with E-state index in [4.69, 9.17) is 0 Å². The minimum absolute atomic E-state index is 0.237. The first-order chi connectivity index (χ1) is 8.04. The smallest absolute Gasteiger partial charge is 0.292 e. The maximum Gasteiger partial charge on any atom is 0.413 e. The lowest BCUT2D eigenvalue weighted by Gasteiger charge is -2.11. The molecule has 0 saturated heterocycles. The van der Waals surface area contributed by atoms with E-state index in [2.05, 4.69) is 10.3 Å². The highest BCUT2D eigenvalue weighted by Gasteiger charge is 2.28. The zero-order valence-electron chi connectivity index (χ0n) is 8.96. The Morgan fingerprint density at radius 3 is 2.82 bits per heavy atom. The van der Waals surface area contributed by atoms with Crippen molar-refractivity contribution in [3.8, 4) is 0 Å². The normalized spacial score (nSPS) is 19.4. The number of halogens is 3. The van der Waals surface area contributed by atoms with Crippen molar-refractivity contribution in [3.63, 3.8) is 0 Å². The number of rotatable bonds is 4. The molecule has 0 amide bonds. The number of benzene rings is 1. The van der Waals surface area contributed by atoms with Crippen LogP contribution in [-0.2, 0) is 11.3 Å². The molecule has 0 radical (unpaired) electrons. The first-order valence-electron chi connectivity index (χ1n) is 5.20. The van der Waals surface area contributed by atoms with E-state index in [-0.39, 0.29) is 5.25 Å². The summed E-state index contributed by atoms with van der Waals surface area (Å²) in [5.41, 5.74) is 3.63. The molecule has 0 fully saturated rings. The van der Waals surface area contributed by atoms with Crippen molar-refractivity contribution in [2.75, 3.05) is 13.2 Å². The van der Waals surface area contributed by atoms with Gasteiger partial charge in [-0.15, -0.1) is 11.8 Å². The van der Waals surface area contributed by atoms with E-state index in [1.807, 2.05) is 24.3 Å². The predicted molar refractivity (Wildman–Crippen MR) is 59.8 cm³/mol. The summed E-state index contributed by atoms with van der Waals surface area (Å²) in [6.45, 7) is -0.841. The monoisotopic (exact) mass is 263 g/mol. The zero-order chi connectivity index (χ0) is 12.3. The van der Waals surface area contributed by atoms with Gasteiger partial charge in [-0.1, -0.05) is 18.2 Å². The molecule has 0 aliphatic carbocycles. The Hall–Kier alpha value is -0.720. The number of fused-ring (bicyclic) bond motifs is 1. The van der Waals surface area contributed by atoms with Crippen LogP contribution in [0.15, 0.2) is 29.2 Å². The van der Waals surface area contributed by atoms with E-state index in [1.54, 1.807) is 11.8 Å². The Morgan fingerprint density at radius 2 is 2.12 bits per heavy atom. The third-order valence-corrected chi connectivity index (χ3v) is 3.68. The van der Waals surface area contributed by atoms with Crippen LogP contribution in [0.2, 0.25) is 0 Å². The second-order valence-electron chi connectivity index (χ2n) is 3.80. The van der Waals surface area contributed by atoms with Gasteiger partial charge in [0.25, 0.3) is 0 Å². The number of hydroxylamine groups is 1. The molecule has 2 rings (SSSR count). The summed E-state index contributed by atoms with van der Waals surface area (Å²) in [6, 6.07) is 7.99. The van der Waals surface area contributed by atoms with E-state index in [9.17, 15) is 13.2 Å². The standard InChI is InChI=1S/C11H12F3NOS/c12-11(13,14)7-16-15-6-9-5-8-3-1-2-4-10(8)17-9/h1-4,9,15H,5-7H2. The fourth-order valence-corrected chi connectivity index (χ4v) is 2.89.